The Bertz CT molecular complexity index is 574. The zero-order chi connectivity index (χ0) is 13.0. The van der Waals surface area contributed by atoms with E-state index in [9.17, 15) is 4.79 Å². The standard InChI is InChI=1S/C12H12N2O3S/c1-16-10(15)7-18-12-13-9-6-4-3-5-8(9)11(14-12)17-2/h3-6H,7H2,1-2H3. The van der Waals surface area contributed by atoms with Crippen LogP contribution < -0.4 is 4.74 Å². The lowest BCUT2D eigenvalue weighted by molar-refractivity contribution is -0.137. The Morgan fingerprint density at radius 1 is 1.28 bits per heavy atom. The van der Waals surface area contributed by atoms with E-state index in [4.69, 9.17) is 4.74 Å². The van der Waals surface area contributed by atoms with Crippen LogP contribution in [0.15, 0.2) is 29.4 Å². The van der Waals surface area contributed by atoms with Crippen molar-refractivity contribution < 1.29 is 14.3 Å². The minimum atomic E-state index is -0.310. The molecule has 0 spiro atoms. The molecule has 1 aromatic carbocycles. The van der Waals surface area contributed by atoms with Crippen molar-refractivity contribution in [1.29, 1.82) is 0 Å². The van der Waals surface area contributed by atoms with Crippen molar-refractivity contribution in [3.8, 4) is 5.88 Å². The Kier molecular flexibility index (Phi) is 3.99. The Hall–Kier alpha value is -1.82. The number of para-hydroxylation sites is 1. The average Bonchev–Trinajstić information content (AvgIpc) is 2.43. The summed E-state index contributed by atoms with van der Waals surface area (Å²) in [5, 5.41) is 1.35. The van der Waals surface area contributed by atoms with Gasteiger partial charge in [0, 0.05) is 0 Å². The van der Waals surface area contributed by atoms with E-state index in [2.05, 4.69) is 14.7 Å². The third-order valence-electron chi connectivity index (χ3n) is 2.29. The molecule has 0 unspecified atom stereocenters. The van der Waals surface area contributed by atoms with Crippen molar-refractivity contribution in [3.05, 3.63) is 24.3 Å². The van der Waals surface area contributed by atoms with Gasteiger partial charge in [-0.15, -0.1) is 0 Å². The maximum absolute atomic E-state index is 11.1. The van der Waals surface area contributed by atoms with Crippen molar-refractivity contribution in [2.75, 3.05) is 20.0 Å². The molecule has 0 amide bonds. The van der Waals surface area contributed by atoms with Crippen molar-refractivity contribution >= 4 is 28.6 Å². The van der Waals surface area contributed by atoms with Crippen molar-refractivity contribution in [1.82, 2.24) is 9.97 Å². The Morgan fingerprint density at radius 2 is 2.06 bits per heavy atom. The number of rotatable bonds is 4. The third-order valence-corrected chi connectivity index (χ3v) is 3.11. The summed E-state index contributed by atoms with van der Waals surface area (Å²) < 4.78 is 9.79. The van der Waals surface area contributed by atoms with E-state index in [0.717, 1.165) is 10.9 Å². The van der Waals surface area contributed by atoms with Crippen LogP contribution in [0.5, 0.6) is 5.88 Å². The summed E-state index contributed by atoms with van der Waals surface area (Å²) in [5.41, 5.74) is 0.789. The van der Waals surface area contributed by atoms with Crippen LogP contribution in [-0.2, 0) is 9.53 Å². The van der Waals surface area contributed by atoms with Gasteiger partial charge in [-0.2, -0.15) is 4.98 Å². The van der Waals surface area contributed by atoms with Gasteiger partial charge >= 0.3 is 5.97 Å². The molecule has 1 aromatic heterocycles. The molecule has 0 aliphatic heterocycles. The lowest BCUT2D eigenvalue weighted by Crippen LogP contribution is -2.04. The molecule has 0 aliphatic rings. The number of thioether (sulfide) groups is 1. The maximum Gasteiger partial charge on any atom is 0.316 e. The summed E-state index contributed by atoms with van der Waals surface area (Å²) >= 11 is 1.22. The first-order valence-corrected chi connectivity index (χ1v) is 6.23. The number of fused-ring (bicyclic) bond motifs is 1. The average molecular weight is 264 g/mol. The topological polar surface area (TPSA) is 61.3 Å². The summed E-state index contributed by atoms with van der Waals surface area (Å²) in [4.78, 5) is 19.7. The largest absolute Gasteiger partial charge is 0.480 e. The van der Waals surface area contributed by atoms with Gasteiger partial charge in [-0.05, 0) is 12.1 Å². The van der Waals surface area contributed by atoms with Gasteiger partial charge in [0.2, 0.25) is 5.88 Å². The highest BCUT2D eigenvalue weighted by molar-refractivity contribution is 7.99. The van der Waals surface area contributed by atoms with Crippen LogP contribution >= 0.6 is 11.8 Å². The second-order valence-corrected chi connectivity index (χ2v) is 4.34. The molecule has 1 heterocycles. The number of benzene rings is 1. The van der Waals surface area contributed by atoms with Gasteiger partial charge in [-0.1, -0.05) is 23.9 Å². The predicted octanol–water partition coefficient (Wildman–Crippen LogP) is 1.90. The van der Waals surface area contributed by atoms with Crippen LogP contribution in [-0.4, -0.2) is 35.9 Å². The van der Waals surface area contributed by atoms with Gasteiger partial charge in [-0.25, -0.2) is 4.98 Å². The van der Waals surface area contributed by atoms with Gasteiger partial charge in [-0.3, -0.25) is 4.79 Å². The number of carbonyl (C=O) groups is 1. The number of nitrogens with zero attached hydrogens (tertiary/aromatic N) is 2. The molecular weight excluding hydrogens is 252 g/mol. The lowest BCUT2D eigenvalue weighted by Gasteiger charge is -2.06. The molecule has 0 aliphatic carbocycles. The van der Waals surface area contributed by atoms with Crippen LogP contribution in [0.1, 0.15) is 0 Å². The number of ether oxygens (including phenoxy) is 2. The smallest absolute Gasteiger partial charge is 0.316 e. The Labute approximate surface area is 109 Å². The number of methoxy groups -OCH3 is 2. The number of hydrogen-bond donors (Lipinski definition) is 0. The normalized spacial score (nSPS) is 10.3. The van der Waals surface area contributed by atoms with Gasteiger partial charge in [0.05, 0.1) is 30.9 Å². The second kappa shape index (κ2) is 5.68. The third kappa shape index (κ3) is 2.70. The van der Waals surface area contributed by atoms with E-state index < -0.39 is 0 Å². The maximum atomic E-state index is 11.1. The minimum absolute atomic E-state index is 0.179. The molecule has 0 N–H and O–H groups in total. The molecule has 94 valence electrons. The summed E-state index contributed by atoms with van der Waals surface area (Å²) in [5.74, 6) is 0.376. The zero-order valence-electron chi connectivity index (χ0n) is 10.0. The first kappa shape index (κ1) is 12.6. The van der Waals surface area contributed by atoms with Crippen LogP contribution in [0.4, 0.5) is 0 Å². The fraction of sp³-hybridized carbons (Fsp3) is 0.250. The number of esters is 1. The quantitative estimate of drug-likeness (QED) is 0.477. The van der Waals surface area contributed by atoms with Gasteiger partial charge in [0.25, 0.3) is 0 Å². The van der Waals surface area contributed by atoms with Gasteiger partial charge < -0.3 is 9.47 Å². The molecule has 0 atom stereocenters. The van der Waals surface area contributed by atoms with E-state index in [-0.39, 0.29) is 11.7 Å². The fourth-order valence-electron chi connectivity index (χ4n) is 1.43. The first-order valence-electron chi connectivity index (χ1n) is 5.25. The molecule has 0 radical (unpaired) electrons. The van der Waals surface area contributed by atoms with E-state index in [1.807, 2.05) is 24.3 Å². The highest BCUT2D eigenvalue weighted by Gasteiger charge is 2.10. The zero-order valence-corrected chi connectivity index (χ0v) is 10.9. The summed E-state index contributed by atoms with van der Waals surface area (Å²) in [6.45, 7) is 0. The fourth-order valence-corrected chi connectivity index (χ4v) is 2.10. The molecule has 0 bridgehead atoms. The summed E-state index contributed by atoms with van der Waals surface area (Å²) in [6, 6.07) is 7.56. The second-order valence-electron chi connectivity index (χ2n) is 3.40. The SMILES string of the molecule is COC(=O)CSc1nc(OC)c2ccccc2n1. The van der Waals surface area contributed by atoms with Gasteiger partial charge in [0.1, 0.15) is 0 Å². The van der Waals surface area contributed by atoms with E-state index in [1.54, 1.807) is 7.11 Å². The lowest BCUT2D eigenvalue weighted by atomic mass is 10.2. The number of hydrogen-bond acceptors (Lipinski definition) is 6. The molecule has 2 rings (SSSR count). The van der Waals surface area contributed by atoms with Crippen LogP contribution in [0, 0.1) is 0 Å². The van der Waals surface area contributed by atoms with Crippen LogP contribution in [0.25, 0.3) is 10.9 Å². The van der Waals surface area contributed by atoms with Crippen molar-refractivity contribution in [2.45, 2.75) is 5.16 Å². The predicted molar refractivity (Wildman–Crippen MR) is 68.8 cm³/mol. The number of aromatic nitrogens is 2. The van der Waals surface area contributed by atoms with E-state index in [1.165, 1.54) is 18.9 Å². The highest BCUT2D eigenvalue weighted by atomic mass is 32.2. The van der Waals surface area contributed by atoms with Crippen molar-refractivity contribution in [2.24, 2.45) is 0 Å². The molecule has 5 nitrogen and oxygen atoms in total. The molecule has 6 heteroatoms. The monoisotopic (exact) mass is 264 g/mol. The molecule has 0 fully saturated rings. The van der Waals surface area contributed by atoms with Gasteiger partial charge in [0.15, 0.2) is 5.16 Å². The summed E-state index contributed by atoms with van der Waals surface area (Å²) in [6.07, 6.45) is 0. The van der Waals surface area contributed by atoms with Crippen LogP contribution in [0.2, 0.25) is 0 Å². The first-order chi connectivity index (χ1) is 8.74. The molecule has 0 saturated heterocycles. The highest BCUT2D eigenvalue weighted by Crippen LogP contribution is 2.25. The van der Waals surface area contributed by atoms with E-state index in [0.29, 0.717) is 11.0 Å². The Balaban J connectivity index is 2.32. The van der Waals surface area contributed by atoms with Crippen molar-refractivity contribution in [3.63, 3.8) is 0 Å². The molecular formula is C12H12N2O3S. The van der Waals surface area contributed by atoms with Crippen LogP contribution in [0.3, 0.4) is 0 Å². The molecule has 2 aromatic rings. The summed E-state index contributed by atoms with van der Waals surface area (Å²) in [7, 11) is 2.91. The molecule has 0 saturated carbocycles. The molecule has 18 heavy (non-hydrogen) atoms. The van der Waals surface area contributed by atoms with E-state index >= 15 is 0 Å². The minimum Gasteiger partial charge on any atom is -0.480 e. The number of carbonyl (C=O) groups excluding carboxylic acids is 1. The Morgan fingerprint density at radius 3 is 2.78 bits per heavy atom.